The number of carbonyl (C=O) groups is 1. The fourth-order valence-corrected chi connectivity index (χ4v) is 5.14. The van der Waals surface area contributed by atoms with Gasteiger partial charge in [0.1, 0.15) is 5.82 Å². The molecule has 0 unspecified atom stereocenters. The zero-order chi connectivity index (χ0) is 23.4. The van der Waals surface area contributed by atoms with Gasteiger partial charge in [0, 0.05) is 19.2 Å². The van der Waals surface area contributed by atoms with Gasteiger partial charge in [0.05, 0.1) is 35.2 Å². The van der Waals surface area contributed by atoms with Crippen molar-refractivity contribution in [3.63, 3.8) is 0 Å². The molecule has 3 aromatic rings. The fourth-order valence-electron chi connectivity index (χ4n) is 3.73. The molecule has 1 aromatic heterocycles. The van der Waals surface area contributed by atoms with Crippen molar-refractivity contribution in [2.45, 2.75) is 24.8 Å². The van der Waals surface area contributed by atoms with E-state index in [-0.39, 0.29) is 22.8 Å². The minimum absolute atomic E-state index is 0.132. The lowest BCUT2D eigenvalue weighted by atomic mass is 10.0. The second-order valence-corrected chi connectivity index (χ2v) is 10.2. The Labute approximate surface area is 193 Å². The van der Waals surface area contributed by atoms with Crippen LogP contribution < -0.4 is 5.32 Å². The molecule has 4 rings (SSSR count). The average molecular weight is 469 g/mol. The lowest BCUT2D eigenvalue weighted by molar-refractivity contribution is -0.117. The highest BCUT2D eigenvalue weighted by Gasteiger charge is 2.26. The number of nitrogens with zero attached hydrogens (tertiary/aromatic N) is 2. The number of morpholine rings is 1. The van der Waals surface area contributed by atoms with E-state index in [1.807, 2.05) is 38.1 Å². The SMILES string of the molecule is CC(C)[C@H](NC(=O)/C=C/c1ccc(S(=O)(=O)N2CCOCC2)cc1)c1nc2ccccc2[nH]1. The molecular weight excluding hydrogens is 440 g/mol. The molecule has 1 fully saturated rings. The quantitative estimate of drug-likeness (QED) is 0.519. The number of rotatable bonds is 7. The second kappa shape index (κ2) is 9.86. The van der Waals surface area contributed by atoms with Gasteiger partial charge in [0.25, 0.3) is 0 Å². The van der Waals surface area contributed by atoms with E-state index >= 15 is 0 Å². The molecule has 0 saturated carbocycles. The van der Waals surface area contributed by atoms with Gasteiger partial charge in [-0.15, -0.1) is 0 Å². The summed E-state index contributed by atoms with van der Waals surface area (Å²) in [6.07, 6.45) is 3.11. The molecule has 2 N–H and O–H groups in total. The first-order valence-electron chi connectivity index (χ1n) is 11.0. The van der Waals surface area contributed by atoms with Gasteiger partial charge in [-0.05, 0) is 41.8 Å². The van der Waals surface area contributed by atoms with Crippen LogP contribution in [0.4, 0.5) is 0 Å². The fraction of sp³-hybridized carbons (Fsp3) is 0.333. The van der Waals surface area contributed by atoms with E-state index < -0.39 is 10.0 Å². The first-order chi connectivity index (χ1) is 15.8. The van der Waals surface area contributed by atoms with Gasteiger partial charge in [0.2, 0.25) is 15.9 Å². The summed E-state index contributed by atoms with van der Waals surface area (Å²) in [6.45, 7) is 5.56. The van der Waals surface area contributed by atoms with E-state index in [2.05, 4.69) is 15.3 Å². The Balaban J connectivity index is 1.43. The number of benzene rings is 2. The van der Waals surface area contributed by atoms with Gasteiger partial charge in [-0.1, -0.05) is 38.1 Å². The first-order valence-corrected chi connectivity index (χ1v) is 12.4. The number of fused-ring (bicyclic) bond motifs is 1. The Morgan fingerprint density at radius 2 is 1.82 bits per heavy atom. The van der Waals surface area contributed by atoms with Crippen molar-refractivity contribution in [3.8, 4) is 0 Å². The zero-order valence-corrected chi connectivity index (χ0v) is 19.5. The third kappa shape index (κ3) is 5.32. The summed E-state index contributed by atoms with van der Waals surface area (Å²) in [7, 11) is -3.54. The van der Waals surface area contributed by atoms with Crippen LogP contribution in [0.1, 0.15) is 31.3 Å². The number of amides is 1. The van der Waals surface area contributed by atoms with Gasteiger partial charge in [-0.2, -0.15) is 4.31 Å². The molecule has 1 amide bonds. The van der Waals surface area contributed by atoms with Crippen LogP contribution in [0.25, 0.3) is 17.1 Å². The van der Waals surface area contributed by atoms with Crippen LogP contribution >= 0.6 is 0 Å². The predicted octanol–water partition coefficient (Wildman–Crippen LogP) is 3.11. The van der Waals surface area contributed by atoms with Crippen LogP contribution in [-0.2, 0) is 19.6 Å². The largest absolute Gasteiger partial charge is 0.379 e. The van der Waals surface area contributed by atoms with E-state index in [0.29, 0.717) is 32.1 Å². The Hall–Kier alpha value is -3.01. The van der Waals surface area contributed by atoms with Gasteiger partial charge in [-0.25, -0.2) is 13.4 Å². The van der Waals surface area contributed by atoms with Crippen molar-refractivity contribution >= 4 is 33.0 Å². The summed E-state index contributed by atoms with van der Waals surface area (Å²) in [6, 6.07) is 14.0. The third-order valence-electron chi connectivity index (χ3n) is 5.58. The number of imidazole rings is 1. The van der Waals surface area contributed by atoms with Crippen LogP contribution in [-0.4, -0.2) is 54.9 Å². The second-order valence-electron chi connectivity index (χ2n) is 8.29. The van der Waals surface area contributed by atoms with Gasteiger partial charge >= 0.3 is 0 Å². The van der Waals surface area contributed by atoms with Gasteiger partial charge < -0.3 is 15.0 Å². The molecule has 9 heteroatoms. The maximum atomic E-state index is 12.7. The van der Waals surface area contributed by atoms with Gasteiger partial charge in [-0.3, -0.25) is 4.79 Å². The van der Waals surface area contributed by atoms with Gasteiger partial charge in [0.15, 0.2) is 0 Å². The van der Waals surface area contributed by atoms with Crippen molar-refractivity contribution in [2.24, 2.45) is 5.92 Å². The van der Waals surface area contributed by atoms with E-state index in [9.17, 15) is 13.2 Å². The highest BCUT2D eigenvalue weighted by molar-refractivity contribution is 7.89. The van der Waals surface area contributed by atoms with Crippen LogP contribution in [0.5, 0.6) is 0 Å². The molecule has 33 heavy (non-hydrogen) atoms. The molecule has 8 nitrogen and oxygen atoms in total. The molecule has 174 valence electrons. The molecular formula is C24H28N4O4S. The van der Waals surface area contributed by atoms with E-state index in [4.69, 9.17) is 4.74 Å². The summed E-state index contributed by atoms with van der Waals surface area (Å²) >= 11 is 0. The number of ether oxygens (including phenoxy) is 1. The van der Waals surface area contributed by atoms with Crippen LogP contribution in [0.15, 0.2) is 59.5 Å². The van der Waals surface area contributed by atoms with Crippen molar-refractivity contribution in [2.75, 3.05) is 26.3 Å². The molecule has 0 aliphatic carbocycles. The molecule has 1 atom stereocenters. The summed E-state index contributed by atoms with van der Waals surface area (Å²) < 4.78 is 32.1. The summed E-state index contributed by atoms with van der Waals surface area (Å²) in [5.41, 5.74) is 2.51. The Kier molecular flexibility index (Phi) is 6.92. The number of carbonyl (C=O) groups excluding carboxylic acids is 1. The van der Waals surface area contributed by atoms with E-state index in [0.717, 1.165) is 16.6 Å². The molecule has 0 spiro atoms. The number of nitrogens with one attached hydrogen (secondary N) is 2. The zero-order valence-electron chi connectivity index (χ0n) is 18.7. The molecule has 1 aliphatic heterocycles. The standard InChI is InChI=1S/C24H28N4O4S/c1-17(2)23(24-25-20-5-3-4-6-21(20)26-24)27-22(29)12-9-18-7-10-19(11-8-18)33(30,31)28-13-15-32-16-14-28/h3-12,17,23H,13-16H2,1-2H3,(H,25,26)(H,27,29)/b12-9+/t23-/m0/s1. The van der Waals surface area contributed by atoms with Crippen molar-refractivity contribution < 1.29 is 17.9 Å². The van der Waals surface area contributed by atoms with Crippen molar-refractivity contribution in [1.82, 2.24) is 19.6 Å². The van der Waals surface area contributed by atoms with Crippen molar-refractivity contribution in [3.05, 3.63) is 66.0 Å². The average Bonchev–Trinajstić information content (AvgIpc) is 3.25. The smallest absolute Gasteiger partial charge is 0.244 e. The van der Waals surface area contributed by atoms with Crippen LogP contribution in [0, 0.1) is 5.92 Å². The molecule has 0 bridgehead atoms. The number of para-hydroxylation sites is 2. The number of aromatic nitrogens is 2. The Morgan fingerprint density at radius 1 is 1.12 bits per heavy atom. The normalized spacial score (nSPS) is 16.5. The first kappa shape index (κ1) is 23.2. The molecule has 2 aromatic carbocycles. The number of H-pyrrole nitrogens is 1. The monoisotopic (exact) mass is 468 g/mol. The minimum Gasteiger partial charge on any atom is -0.379 e. The van der Waals surface area contributed by atoms with E-state index in [1.54, 1.807) is 30.3 Å². The maximum Gasteiger partial charge on any atom is 0.244 e. The summed E-state index contributed by atoms with van der Waals surface area (Å²) in [5, 5.41) is 3.01. The lowest BCUT2D eigenvalue weighted by Crippen LogP contribution is -2.40. The number of sulfonamides is 1. The van der Waals surface area contributed by atoms with Crippen molar-refractivity contribution in [1.29, 1.82) is 0 Å². The Morgan fingerprint density at radius 3 is 2.48 bits per heavy atom. The lowest BCUT2D eigenvalue weighted by Gasteiger charge is -2.26. The topological polar surface area (TPSA) is 104 Å². The Bertz CT molecular complexity index is 1210. The number of hydrogen-bond acceptors (Lipinski definition) is 5. The molecule has 0 radical (unpaired) electrons. The highest BCUT2D eigenvalue weighted by atomic mass is 32.2. The van der Waals surface area contributed by atoms with Crippen LogP contribution in [0.3, 0.4) is 0 Å². The molecule has 2 heterocycles. The number of aromatic amines is 1. The predicted molar refractivity (Wildman–Crippen MR) is 127 cm³/mol. The summed E-state index contributed by atoms with van der Waals surface area (Å²) in [5.74, 6) is 0.595. The minimum atomic E-state index is -3.54. The third-order valence-corrected chi connectivity index (χ3v) is 7.49. The number of hydrogen-bond donors (Lipinski definition) is 2. The maximum absolute atomic E-state index is 12.7. The van der Waals surface area contributed by atoms with E-state index in [1.165, 1.54) is 10.4 Å². The molecule has 1 saturated heterocycles. The van der Waals surface area contributed by atoms with Crippen LogP contribution in [0.2, 0.25) is 0 Å². The molecule has 1 aliphatic rings. The highest BCUT2D eigenvalue weighted by Crippen LogP contribution is 2.22. The summed E-state index contributed by atoms with van der Waals surface area (Å²) in [4.78, 5) is 20.7.